The molecule has 8 heteroatoms. The van der Waals surface area contributed by atoms with Crippen molar-refractivity contribution in [2.75, 3.05) is 24.3 Å². The second kappa shape index (κ2) is 10.5. The summed E-state index contributed by atoms with van der Waals surface area (Å²) in [7, 11) is 0. The van der Waals surface area contributed by atoms with Crippen molar-refractivity contribution in [1.29, 1.82) is 0 Å². The highest BCUT2D eigenvalue weighted by atomic mass is 32.2. The maximum Gasteiger partial charge on any atom is 0.162 e. The van der Waals surface area contributed by atoms with Crippen molar-refractivity contribution >= 4 is 17.6 Å². The molecular weight excluding hydrogens is 362 g/mol. The van der Waals surface area contributed by atoms with Gasteiger partial charge in [-0.2, -0.15) is 0 Å². The minimum atomic E-state index is -0.559. The van der Waals surface area contributed by atoms with Crippen molar-refractivity contribution in [3.8, 4) is 5.75 Å². The Hall–Kier alpha value is -1.87. The summed E-state index contributed by atoms with van der Waals surface area (Å²) >= 11 is 1.62. The van der Waals surface area contributed by atoms with Crippen LogP contribution in [0.3, 0.4) is 0 Å². The average molecular weight is 392 g/mol. The van der Waals surface area contributed by atoms with E-state index in [1.807, 2.05) is 30.3 Å². The number of hydrogen-bond donors (Lipinski definition) is 4. The van der Waals surface area contributed by atoms with Gasteiger partial charge in [-0.3, -0.25) is 0 Å². The molecule has 0 aliphatic carbocycles. The van der Waals surface area contributed by atoms with Gasteiger partial charge in [-0.1, -0.05) is 18.2 Å². The predicted molar refractivity (Wildman–Crippen MR) is 110 cm³/mol. The van der Waals surface area contributed by atoms with Gasteiger partial charge >= 0.3 is 0 Å². The van der Waals surface area contributed by atoms with Gasteiger partial charge in [0.1, 0.15) is 23.5 Å². The monoisotopic (exact) mass is 391 g/mol. The number of β-amino-alcohol motifs (C(OH)–C–C–N with tert-alkyl or cyclic N) is 1. The second-order valence-electron chi connectivity index (χ2n) is 7.20. The fraction of sp³-hybridized carbons (Fsp3) is 0.474. The number of ether oxygens (including phenoxy) is 1. The lowest BCUT2D eigenvalue weighted by molar-refractivity contribution is 0.0996. The van der Waals surface area contributed by atoms with Crippen molar-refractivity contribution < 1.29 is 9.84 Å². The van der Waals surface area contributed by atoms with Crippen LogP contribution in [-0.2, 0) is 6.42 Å². The number of nitrogens with zero attached hydrogens (tertiary/aromatic N) is 2. The number of aryl methyl sites for hydroxylation is 1. The number of aliphatic hydroxyl groups is 1. The third-order valence-corrected chi connectivity index (χ3v) is 4.60. The molecule has 0 saturated carbocycles. The van der Waals surface area contributed by atoms with Crippen LogP contribution >= 0.6 is 11.8 Å². The Bertz CT molecular complexity index is 691. The number of para-hydroxylation sites is 1. The zero-order chi connectivity index (χ0) is 19.7. The Kier molecular flexibility index (Phi) is 8.30. The minimum Gasteiger partial charge on any atom is -0.491 e. The number of nitrogens with two attached hydrogens (primary N) is 1. The maximum atomic E-state index is 10.1. The molecule has 0 spiro atoms. The number of nitrogens with one attached hydrogen (secondary N) is 2. The van der Waals surface area contributed by atoms with Gasteiger partial charge < -0.3 is 20.6 Å². The van der Waals surface area contributed by atoms with Crippen LogP contribution in [0.15, 0.2) is 41.4 Å². The van der Waals surface area contributed by atoms with E-state index in [1.165, 1.54) is 0 Å². The van der Waals surface area contributed by atoms with E-state index in [0.29, 0.717) is 12.4 Å². The van der Waals surface area contributed by atoms with E-state index in [1.54, 1.807) is 17.8 Å². The van der Waals surface area contributed by atoms with Crippen LogP contribution in [0, 0.1) is 0 Å². The molecule has 0 saturated heterocycles. The number of aromatic nitrogens is 2. The minimum absolute atomic E-state index is 0.0303. The van der Waals surface area contributed by atoms with E-state index in [-0.39, 0.29) is 12.1 Å². The molecule has 0 aliphatic rings. The normalized spacial score (nSPS) is 12.6. The number of aliphatic hydroxyl groups excluding tert-OH is 1. The van der Waals surface area contributed by atoms with E-state index < -0.39 is 6.10 Å². The Morgan fingerprint density at radius 3 is 2.63 bits per heavy atom. The summed E-state index contributed by atoms with van der Waals surface area (Å²) in [6.45, 7) is 6.95. The van der Waals surface area contributed by atoms with Gasteiger partial charge in [-0.15, -0.1) is 22.0 Å². The van der Waals surface area contributed by atoms with Crippen molar-refractivity contribution in [2.45, 2.75) is 43.9 Å². The Labute approximate surface area is 165 Å². The fourth-order valence-electron chi connectivity index (χ4n) is 2.26. The van der Waals surface area contributed by atoms with Crippen LogP contribution in [0.1, 0.15) is 26.3 Å². The first-order valence-corrected chi connectivity index (χ1v) is 9.93. The molecule has 1 unspecified atom stereocenters. The van der Waals surface area contributed by atoms with E-state index in [0.717, 1.165) is 28.5 Å². The molecule has 0 aliphatic heterocycles. The van der Waals surface area contributed by atoms with Gasteiger partial charge in [0.15, 0.2) is 5.82 Å². The number of rotatable bonds is 10. The Morgan fingerprint density at radius 2 is 1.96 bits per heavy atom. The van der Waals surface area contributed by atoms with E-state index in [2.05, 4.69) is 41.7 Å². The predicted octanol–water partition coefficient (Wildman–Crippen LogP) is 2.22. The smallest absolute Gasteiger partial charge is 0.162 e. The fourth-order valence-corrected chi connectivity index (χ4v) is 3.05. The van der Waals surface area contributed by atoms with Gasteiger partial charge in [0.05, 0.1) is 0 Å². The summed E-state index contributed by atoms with van der Waals surface area (Å²) in [5.74, 6) is 7.48. The molecule has 1 aromatic carbocycles. The number of anilines is 1. The summed E-state index contributed by atoms with van der Waals surface area (Å²) < 4.78 is 5.85. The summed E-state index contributed by atoms with van der Waals surface area (Å²) in [5.41, 5.74) is 3.53. The molecule has 1 heterocycles. The number of benzene rings is 1. The zero-order valence-corrected chi connectivity index (χ0v) is 16.9. The van der Waals surface area contributed by atoms with E-state index in [4.69, 9.17) is 10.6 Å². The molecule has 1 atom stereocenters. The van der Waals surface area contributed by atoms with Gasteiger partial charge in [0.2, 0.25) is 0 Å². The van der Waals surface area contributed by atoms with Gasteiger partial charge in [0, 0.05) is 17.8 Å². The van der Waals surface area contributed by atoms with Crippen molar-refractivity contribution in [1.82, 2.24) is 15.5 Å². The van der Waals surface area contributed by atoms with Crippen molar-refractivity contribution in [3.05, 3.63) is 42.0 Å². The third-order valence-electron chi connectivity index (χ3n) is 3.68. The molecule has 1 aromatic heterocycles. The molecule has 0 amide bonds. The molecule has 5 N–H and O–H groups in total. The van der Waals surface area contributed by atoms with Gasteiger partial charge in [-0.05, 0) is 51.0 Å². The maximum absolute atomic E-state index is 10.1. The van der Waals surface area contributed by atoms with Crippen LogP contribution < -0.4 is 21.3 Å². The molecule has 0 fully saturated rings. The molecule has 0 radical (unpaired) electrons. The SMILES string of the molecule is CC(C)(C)NCC(O)COc1ccccc1CCSc1ccc(NN)nn1. The molecule has 27 heavy (non-hydrogen) atoms. The Balaban J connectivity index is 1.82. The van der Waals surface area contributed by atoms with Crippen LogP contribution in [0.25, 0.3) is 0 Å². The standard InChI is InChI=1S/C19H29N5O2S/c1-19(2,3)21-12-15(25)13-26-16-7-5-4-6-14(16)10-11-27-18-9-8-17(22-20)23-24-18/h4-9,15,21,25H,10-13,20H2,1-3H3,(H,22,23). The van der Waals surface area contributed by atoms with Gasteiger partial charge in [0.25, 0.3) is 0 Å². The highest BCUT2D eigenvalue weighted by Crippen LogP contribution is 2.22. The average Bonchev–Trinajstić information content (AvgIpc) is 2.65. The summed E-state index contributed by atoms with van der Waals surface area (Å²) in [6, 6.07) is 11.6. The van der Waals surface area contributed by atoms with Crippen LogP contribution in [-0.4, -0.2) is 45.9 Å². The quantitative estimate of drug-likeness (QED) is 0.278. The first-order valence-electron chi connectivity index (χ1n) is 8.94. The summed E-state index contributed by atoms with van der Waals surface area (Å²) in [6.07, 6.45) is 0.270. The first-order chi connectivity index (χ1) is 12.9. The topological polar surface area (TPSA) is 105 Å². The molecule has 0 bridgehead atoms. The lowest BCUT2D eigenvalue weighted by Crippen LogP contribution is -2.42. The van der Waals surface area contributed by atoms with Crippen molar-refractivity contribution in [2.24, 2.45) is 5.84 Å². The molecule has 7 nitrogen and oxygen atoms in total. The molecule has 2 rings (SSSR count). The van der Waals surface area contributed by atoms with Crippen molar-refractivity contribution in [3.63, 3.8) is 0 Å². The van der Waals surface area contributed by atoms with Crippen LogP contribution in [0.2, 0.25) is 0 Å². The lowest BCUT2D eigenvalue weighted by Gasteiger charge is -2.23. The third kappa shape index (κ3) is 8.13. The zero-order valence-electron chi connectivity index (χ0n) is 16.1. The number of thioether (sulfide) groups is 1. The highest BCUT2D eigenvalue weighted by molar-refractivity contribution is 7.99. The number of hydrogen-bond acceptors (Lipinski definition) is 8. The summed E-state index contributed by atoms with van der Waals surface area (Å²) in [4.78, 5) is 0. The molecule has 2 aromatic rings. The van der Waals surface area contributed by atoms with Gasteiger partial charge in [-0.25, -0.2) is 5.84 Å². The number of hydrazine groups is 1. The molecular formula is C19H29N5O2S. The van der Waals surface area contributed by atoms with E-state index >= 15 is 0 Å². The van der Waals surface area contributed by atoms with Crippen LogP contribution in [0.4, 0.5) is 5.82 Å². The Morgan fingerprint density at radius 1 is 1.19 bits per heavy atom. The summed E-state index contributed by atoms with van der Waals surface area (Å²) in [5, 5.41) is 22.3. The van der Waals surface area contributed by atoms with E-state index in [9.17, 15) is 5.11 Å². The van der Waals surface area contributed by atoms with Crippen LogP contribution in [0.5, 0.6) is 5.75 Å². The molecule has 148 valence electrons. The number of nitrogen functional groups attached to an aromatic ring is 1. The largest absolute Gasteiger partial charge is 0.491 e. The second-order valence-corrected chi connectivity index (χ2v) is 8.32. The lowest BCUT2D eigenvalue weighted by atomic mass is 10.1. The first kappa shape index (κ1) is 21.4. The highest BCUT2D eigenvalue weighted by Gasteiger charge is 2.13.